The van der Waals surface area contributed by atoms with Gasteiger partial charge in [0.25, 0.3) is 0 Å². The molecule has 0 heterocycles. The zero-order valence-electron chi connectivity index (χ0n) is 11.5. The maximum atomic E-state index is 4.01. The van der Waals surface area contributed by atoms with Crippen LogP contribution in [0, 0.1) is 0 Å². The van der Waals surface area contributed by atoms with Crippen LogP contribution in [0.1, 0.15) is 32.3 Å². The molecule has 1 nitrogen and oxygen atoms in total. The van der Waals surface area contributed by atoms with E-state index >= 15 is 0 Å². The van der Waals surface area contributed by atoms with Crippen LogP contribution in [0.3, 0.4) is 0 Å². The molecule has 2 N–H and O–H groups in total. The lowest BCUT2D eigenvalue weighted by atomic mass is 10.0. The van der Waals surface area contributed by atoms with Crippen LogP contribution in [0.2, 0.25) is 0 Å². The van der Waals surface area contributed by atoms with Crippen molar-refractivity contribution in [1.29, 1.82) is 0 Å². The second kappa shape index (κ2) is 8.96. The molecule has 100 valence electrons. The molecular formula is C16H24ClN. The molecule has 1 aromatic rings. The Hall–Kier alpha value is -1.05. The summed E-state index contributed by atoms with van der Waals surface area (Å²) in [5.74, 6) is 0. The summed E-state index contributed by atoms with van der Waals surface area (Å²) in [6.07, 6.45) is 2.14. The standard InChI is InChI=1S/C16H23N.ClH/c1-13(2)10-16(11-14(3)4)17-12-15-8-6-5-7-9-15;/h5-9,16-17H,1,3,10-12H2,2,4H3;1H. The molecule has 0 aliphatic heterocycles. The Kier molecular flexibility index (Phi) is 8.43. The highest BCUT2D eigenvalue weighted by Crippen LogP contribution is 2.07. The van der Waals surface area contributed by atoms with E-state index in [1.165, 1.54) is 16.7 Å². The van der Waals surface area contributed by atoms with Crippen LogP contribution in [-0.4, -0.2) is 6.04 Å². The molecule has 1 rings (SSSR count). The van der Waals surface area contributed by atoms with E-state index in [0.29, 0.717) is 6.04 Å². The first-order valence-electron chi connectivity index (χ1n) is 6.24. The van der Waals surface area contributed by atoms with Crippen molar-refractivity contribution < 1.29 is 17.7 Å². The van der Waals surface area contributed by atoms with Crippen molar-refractivity contribution >= 4 is 0 Å². The van der Waals surface area contributed by atoms with Gasteiger partial charge in [-0.25, -0.2) is 0 Å². The maximum absolute atomic E-state index is 4.01. The highest BCUT2D eigenvalue weighted by Gasteiger charge is 2.12. The lowest BCUT2D eigenvalue weighted by Gasteiger charge is -2.15. The number of nitrogens with two attached hydrogens (primary N) is 1. The Morgan fingerprint density at radius 2 is 1.56 bits per heavy atom. The molecule has 0 aliphatic carbocycles. The summed E-state index contributed by atoms with van der Waals surface area (Å²) in [6, 6.07) is 11.2. The van der Waals surface area contributed by atoms with Gasteiger partial charge in [0.1, 0.15) is 6.54 Å². The molecule has 18 heavy (non-hydrogen) atoms. The molecule has 0 amide bonds. The van der Waals surface area contributed by atoms with Crippen LogP contribution >= 0.6 is 0 Å². The summed E-state index contributed by atoms with van der Waals surface area (Å²) in [6.45, 7) is 13.2. The first-order valence-corrected chi connectivity index (χ1v) is 6.24. The van der Waals surface area contributed by atoms with Crippen molar-refractivity contribution in [1.82, 2.24) is 0 Å². The van der Waals surface area contributed by atoms with E-state index in [0.717, 1.165) is 19.4 Å². The van der Waals surface area contributed by atoms with Crippen LogP contribution in [-0.2, 0) is 6.54 Å². The van der Waals surface area contributed by atoms with Crippen molar-refractivity contribution in [3.8, 4) is 0 Å². The zero-order chi connectivity index (χ0) is 12.7. The van der Waals surface area contributed by atoms with E-state index in [1.54, 1.807) is 0 Å². The lowest BCUT2D eigenvalue weighted by molar-refractivity contribution is -0.703. The third-order valence-corrected chi connectivity index (χ3v) is 2.75. The molecule has 0 fully saturated rings. The smallest absolute Gasteiger partial charge is 0.101 e. The van der Waals surface area contributed by atoms with Gasteiger partial charge in [0.05, 0.1) is 6.04 Å². The predicted octanol–water partition coefficient (Wildman–Crippen LogP) is 0.0550. The first kappa shape index (κ1) is 16.9. The second-order valence-corrected chi connectivity index (χ2v) is 5.01. The summed E-state index contributed by atoms with van der Waals surface area (Å²) < 4.78 is 0. The molecular weight excluding hydrogens is 242 g/mol. The van der Waals surface area contributed by atoms with Crippen LogP contribution in [0.25, 0.3) is 0 Å². The van der Waals surface area contributed by atoms with Gasteiger partial charge in [-0.05, 0) is 13.8 Å². The van der Waals surface area contributed by atoms with Crippen LogP contribution < -0.4 is 17.7 Å². The molecule has 0 saturated carbocycles. The van der Waals surface area contributed by atoms with Gasteiger partial charge in [-0.3, -0.25) is 0 Å². The highest BCUT2D eigenvalue weighted by molar-refractivity contribution is 5.13. The molecule has 0 spiro atoms. The summed E-state index contributed by atoms with van der Waals surface area (Å²) in [5, 5.41) is 2.40. The number of hydrogen-bond donors (Lipinski definition) is 1. The fraction of sp³-hybridized carbons (Fsp3) is 0.375. The van der Waals surface area contributed by atoms with E-state index in [4.69, 9.17) is 0 Å². The van der Waals surface area contributed by atoms with E-state index in [9.17, 15) is 0 Å². The molecule has 2 heteroatoms. The Morgan fingerprint density at radius 1 is 1.06 bits per heavy atom. The SMILES string of the molecule is C=C(C)CC(CC(=C)C)[NH2+]Cc1ccccc1.[Cl-]. The van der Waals surface area contributed by atoms with Gasteiger partial charge in [-0.15, -0.1) is 0 Å². The summed E-state index contributed by atoms with van der Waals surface area (Å²) >= 11 is 0. The molecule has 0 radical (unpaired) electrons. The van der Waals surface area contributed by atoms with E-state index in [2.05, 4.69) is 62.7 Å². The molecule has 0 aromatic heterocycles. The number of benzene rings is 1. The molecule has 0 aliphatic rings. The highest BCUT2D eigenvalue weighted by atomic mass is 35.5. The predicted molar refractivity (Wildman–Crippen MR) is 74.7 cm³/mol. The van der Waals surface area contributed by atoms with Gasteiger partial charge in [0, 0.05) is 18.4 Å². The van der Waals surface area contributed by atoms with Gasteiger partial charge in [0.2, 0.25) is 0 Å². The minimum atomic E-state index is 0. The van der Waals surface area contributed by atoms with Gasteiger partial charge < -0.3 is 17.7 Å². The van der Waals surface area contributed by atoms with Gasteiger partial charge in [-0.1, -0.05) is 54.6 Å². The average molecular weight is 266 g/mol. The Morgan fingerprint density at radius 3 is 2.00 bits per heavy atom. The second-order valence-electron chi connectivity index (χ2n) is 5.01. The zero-order valence-corrected chi connectivity index (χ0v) is 12.2. The van der Waals surface area contributed by atoms with Gasteiger partial charge in [-0.2, -0.15) is 0 Å². The molecule has 0 atom stereocenters. The topological polar surface area (TPSA) is 16.6 Å². The maximum Gasteiger partial charge on any atom is 0.101 e. The van der Waals surface area contributed by atoms with E-state index < -0.39 is 0 Å². The average Bonchev–Trinajstić information content (AvgIpc) is 2.26. The summed E-state index contributed by atoms with van der Waals surface area (Å²) in [7, 11) is 0. The van der Waals surface area contributed by atoms with Gasteiger partial charge >= 0.3 is 0 Å². The third-order valence-electron chi connectivity index (χ3n) is 2.75. The van der Waals surface area contributed by atoms with Crippen molar-refractivity contribution in [2.45, 2.75) is 39.3 Å². The van der Waals surface area contributed by atoms with E-state index in [-0.39, 0.29) is 12.4 Å². The van der Waals surface area contributed by atoms with Crippen molar-refractivity contribution in [3.63, 3.8) is 0 Å². The fourth-order valence-corrected chi connectivity index (χ4v) is 2.05. The molecule has 0 saturated heterocycles. The summed E-state index contributed by atoms with van der Waals surface area (Å²) in [5.41, 5.74) is 3.88. The normalized spacial score (nSPS) is 9.94. The van der Waals surface area contributed by atoms with Crippen LogP contribution in [0.15, 0.2) is 54.6 Å². The lowest BCUT2D eigenvalue weighted by Crippen LogP contribution is -3.00. The largest absolute Gasteiger partial charge is 1.00 e. The Bertz CT molecular complexity index is 354. The Labute approximate surface area is 117 Å². The molecule has 1 aromatic carbocycles. The summed E-state index contributed by atoms with van der Waals surface area (Å²) in [4.78, 5) is 0. The van der Waals surface area contributed by atoms with Crippen molar-refractivity contribution in [3.05, 3.63) is 60.2 Å². The number of rotatable bonds is 7. The third kappa shape index (κ3) is 7.31. The Balaban J connectivity index is 0.00000289. The minimum absolute atomic E-state index is 0. The van der Waals surface area contributed by atoms with Crippen molar-refractivity contribution in [2.24, 2.45) is 0 Å². The van der Waals surface area contributed by atoms with Crippen LogP contribution in [0.5, 0.6) is 0 Å². The molecule has 0 bridgehead atoms. The van der Waals surface area contributed by atoms with Crippen molar-refractivity contribution in [2.75, 3.05) is 0 Å². The fourth-order valence-electron chi connectivity index (χ4n) is 2.05. The van der Waals surface area contributed by atoms with Crippen LogP contribution in [0.4, 0.5) is 0 Å². The first-order chi connectivity index (χ1) is 8.08. The monoisotopic (exact) mass is 265 g/mol. The van der Waals surface area contributed by atoms with Gasteiger partial charge in [0.15, 0.2) is 0 Å². The molecule has 0 unspecified atom stereocenters. The quantitative estimate of drug-likeness (QED) is 0.672. The number of hydrogen-bond acceptors (Lipinski definition) is 0. The number of halogens is 1. The van der Waals surface area contributed by atoms with E-state index in [1.807, 2.05) is 0 Å². The number of quaternary nitrogens is 1. The minimum Gasteiger partial charge on any atom is -1.00 e.